The lowest BCUT2D eigenvalue weighted by atomic mass is 10.2. The molecule has 7 nitrogen and oxygen atoms in total. The first-order chi connectivity index (χ1) is 10.1. The minimum absolute atomic E-state index is 0.484. The highest BCUT2D eigenvalue weighted by Crippen LogP contribution is 2.38. The summed E-state index contributed by atoms with van der Waals surface area (Å²) < 4.78 is 0. The number of nitro groups is 2. The van der Waals surface area contributed by atoms with Crippen molar-refractivity contribution in [2.45, 2.75) is 6.42 Å². The quantitative estimate of drug-likeness (QED) is 0.638. The Morgan fingerprint density at radius 3 is 2.38 bits per heavy atom. The molecule has 1 aliphatic heterocycles. The van der Waals surface area contributed by atoms with Gasteiger partial charge in [-0.2, -0.15) is 0 Å². The number of nitrogens with zero attached hydrogens (tertiary/aromatic N) is 3. The normalized spacial score (nSPS) is 13.0. The topological polar surface area (TPSA) is 89.5 Å². The van der Waals surface area contributed by atoms with Crippen molar-refractivity contribution >= 4 is 22.7 Å². The van der Waals surface area contributed by atoms with Crippen molar-refractivity contribution in [3.63, 3.8) is 0 Å². The number of fused-ring (bicyclic) bond motifs is 1. The molecule has 7 heteroatoms. The van der Waals surface area contributed by atoms with Gasteiger partial charge in [-0.25, -0.2) is 0 Å². The third-order valence-electron chi connectivity index (χ3n) is 3.55. The van der Waals surface area contributed by atoms with Gasteiger partial charge in [-0.3, -0.25) is 20.2 Å². The second kappa shape index (κ2) is 4.86. The second-order valence-electron chi connectivity index (χ2n) is 4.72. The highest BCUT2D eigenvalue weighted by atomic mass is 16.6. The lowest BCUT2D eigenvalue weighted by molar-refractivity contribution is -0.422. The maximum Gasteiger partial charge on any atom is 0.348 e. The number of benzene rings is 2. The number of hydrogen-bond donors (Lipinski definition) is 0. The maximum atomic E-state index is 11.0. The van der Waals surface area contributed by atoms with E-state index in [1.807, 2.05) is 29.2 Å². The molecule has 0 atom stereocenters. The van der Waals surface area contributed by atoms with E-state index < -0.39 is 21.2 Å². The molecule has 1 heterocycles. The zero-order valence-corrected chi connectivity index (χ0v) is 10.9. The number of nitro benzene ring substituents is 2. The molecule has 0 radical (unpaired) electrons. The molecule has 0 aromatic heterocycles. The van der Waals surface area contributed by atoms with Gasteiger partial charge in [-0.1, -0.05) is 18.2 Å². The van der Waals surface area contributed by atoms with Crippen molar-refractivity contribution in [3.8, 4) is 0 Å². The van der Waals surface area contributed by atoms with E-state index in [1.54, 1.807) is 6.07 Å². The van der Waals surface area contributed by atoms with Gasteiger partial charge in [0.1, 0.15) is 0 Å². The largest absolute Gasteiger partial charge is 0.348 e. The van der Waals surface area contributed by atoms with Crippen LogP contribution in [0.15, 0.2) is 42.5 Å². The van der Waals surface area contributed by atoms with Crippen LogP contribution in [0.1, 0.15) is 5.56 Å². The summed E-state index contributed by atoms with van der Waals surface area (Å²) in [4.78, 5) is 22.3. The summed E-state index contributed by atoms with van der Waals surface area (Å²) >= 11 is 0. The molecule has 106 valence electrons. The molecule has 0 unspecified atom stereocenters. The third-order valence-corrected chi connectivity index (χ3v) is 3.55. The van der Waals surface area contributed by atoms with Crippen molar-refractivity contribution in [1.29, 1.82) is 0 Å². The highest BCUT2D eigenvalue weighted by Gasteiger charge is 2.27. The van der Waals surface area contributed by atoms with Crippen LogP contribution in [0.2, 0.25) is 0 Å². The molecule has 0 N–H and O–H groups in total. The smallest absolute Gasteiger partial charge is 0.341 e. The SMILES string of the molecule is O=[N+]([O-])c1ccc(N2CCc3ccccc32)cc1[N+](=O)[O-]. The monoisotopic (exact) mass is 285 g/mol. The molecule has 0 saturated heterocycles. The van der Waals surface area contributed by atoms with Crippen LogP contribution in [0.3, 0.4) is 0 Å². The van der Waals surface area contributed by atoms with E-state index in [0.29, 0.717) is 12.2 Å². The standard InChI is InChI=1S/C14H11N3O4/c18-16(19)13-6-5-11(9-14(13)17(20)21)15-8-7-10-3-1-2-4-12(10)15/h1-6,9H,7-8H2. The van der Waals surface area contributed by atoms with E-state index in [9.17, 15) is 20.2 Å². The predicted octanol–water partition coefficient (Wildman–Crippen LogP) is 3.20. The fraction of sp³-hybridized carbons (Fsp3) is 0.143. The molecule has 2 aromatic rings. The van der Waals surface area contributed by atoms with Gasteiger partial charge >= 0.3 is 11.4 Å². The molecule has 0 bridgehead atoms. The van der Waals surface area contributed by atoms with Crippen LogP contribution in [0.25, 0.3) is 0 Å². The first kappa shape index (κ1) is 13.0. The predicted molar refractivity (Wildman–Crippen MR) is 76.9 cm³/mol. The lowest BCUT2D eigenvalue weighted by Crippen LogP contribution is -2.13. The first-order valence-corrected chi connectivity index (χ1v) is 6.36. The third kappa shape index (κ3) is 2.18. The van der Waals surface area contributed by atoms with Gasteiger partial charge in [-0.05, 0) is 24.1 Å². The summed E-state index contributed by atoms with van der Waals surface area (Å²) in [6.07, 6.45) is 0.848. The molecular weight excluding hydrogens is 274 g/mol. The fourth-order valence-corrected chi connectivity index (χ4v) is 2.59. The molecule has 3 rings (SSSR count). The second-order valence-corrected chi connectivity index (χ2v) is 4.72. The Kier molecular flexibility index (Phi) is 3.02. The fourth-order valence-electron chi connectivity index (χ4n) is 2.59. The van der Waals surface area contributed by atoms with Gasteiger partial charge in [0.05, 0.1) is 9.85 Å². The first-order valence-electron chi connectivity index (χ1n) is 6.36. The summed E-state index contributed by atoms with van der Waals surface area (Å²) in [5, 5.41) is 21.9. The minimum Gasteiger partial charge on any atom is -0.341 e. The molecule has 0 saturated carbocycles. The number of anilines is 2. The van der Waals surface area contributed by atoms with Crippen molar-refractivity contribution in [1.82, 2.24) is 0 Å². The van der Waals surface area contributed by atoms with Crippen LogP contribution in [0, 0.1) is 20.2 Å². The summed E-state index contributed by atoms with van der Waals surface area (Å²) in [7, 11) is 0. The Bertz CT molecular complexity index is 745. The van der Waals surface area contributed by atoms with Crippen molar-refractivity contribution < 1.29 is 9.85 Å². The van der Waals surface area contributed by atoms with E-state index in [1.165, 1.54) is 17.7 Å². The average molecular weight is 285 g/mol. The van der Waals surface area contributed by atoms with Gasteiger partial charge < -0.3 is 4.90 Å². The van der Waals surface area contributed by atoms with Crippen LogP contribution in [0.4, 0.5) is 22.7 Å². The molecule has 0 amide bonds. The van der Waals surface area contributed by atoms with Gasteiger partial charge in [0.25, 0.3) is 0 Å². The van der Waals surface area contributed by atoms with Crippen LogP contribution in [-0.2, 0) is 6.42 Å². The Morgan fingerprint density at radius 1 is 0.952 bits per heavy atom. The molecule has 2 aromatic carbocycles. The summed E-state index contributed by atoms with van der Waals surface area (Å²) in [6, 6.07) is 11.8. The van der Waals surface area contributed by atoms with E-state index in [4.69, 9.17) is 0 Å². The molecule has 0 fully saturated rings. The lowest BCUT2D eigenvalue weighted by Gasteiger charge is -2.19. The Hall–Kier alpha value is -2.96. The molecule has 0 aliphatic carbocycles. The zero-order chi connectivity index (χ0) is 15.0. The van der Waals surface area contributed by atoms with E-state index in [0.717, 1.165) is 12.1 Å². The summed E-state index contributed by atoms with van der Waals surface area (Å²) in [6.45, 7) is 0.703. The van der Waals surface area contributed by atoms with Crippen LogP contribution in [0.5, 0.6) is 0 Å². The van der Waals surface area contributed by atoms with Crippen molar-refractivity contribution in [2.24, 2.45) is 0 Å². The highest BCUT2D eigenvalue weighted by molar-refractivity contribution is 5.73. The Balaban J connectivity index is 2.07. The van der Waals surface area contributed by atoms with Gasteiger partial charge in [0, 0.05) is 30.1 Å². The van der Waals surface area contributed by atoms with Gasteiger partial charge in [-0.15, -0.1) is 0 Å². The number of para-hydroxylation sites is 1. The minimum atomic E-state index is -0.736. The average Bonchev–Trinajstić information content (AvgIpc) is 2.90. The molecule has 21 heavy (non-hydrogen) atoms. The van der Waals surface area contributed by atoms with Crippen molar-refractivity contribution in [3.05, 3.63) is 68.3 Å². The van der Waals surface area contributed by atoms with E-state index in [2.05, 4.69) is 0 Å². The summed E-state index contributed by atoms with van der Waals surface area (Å²) in [5.41, 5.74) is 1.77. The maximum absolute atomic E-state index is 11.0. The van der Waals surface area contributed by atoms with Gasteiger partial charge in [0.2, 0.25) is 0 Å². The van der Waals surface area contributed by atoms with E-state index in [-0.39, 0.29) is 0 Å². The van der Waals surface area contributed by atoms with Gasteiger partial charge in [0.15, 0.2) is 0 Å². The Morgan fingerprint density at radius 2 is 1.67 bits per heavy atom. The van der Waals surface area contributed by atoms with Crippen molar-refractivity contribution in [2.75, 3.05) is 11.4 Å². The Labute approximate surface area is 119 Å². The molecular formula is C14H11N3O4. The number of hydrogen-bond acceptors (Lipinski definition) is 5. The zero-order valence-electron chi connectivity index (χ0n) is 10.9. The van der Waals surface area contributed by atoms with E-state index >= 15 is 0 Å². The van der Waals surface area contributed by atoms with Crippen LogP contribution in [-0.4, -0.2) is 16.4 Å². The number of rotatable bonds is 3. The molecule has 1 aliphatic rings. The van der Waals surface area contributed by atoms with Crippen LogP contribution >= 0.6 is 0 Å². The molecule has 0 spiro atoms. The summed E-state index contributed by atoms with van der Waals surface area (Å²) in [5.74, 6) is 0. The van der Waals surface area contributed by atoms with Crippen LogP contribution < -0.4 is 4.90 Å².